The van der Waals surface area contributed by atoms with Gasteiger partial charge in [-0.3, -0.25) is 9.59 Å². The number of carbonyl (C=O) groups excluding carboxylic acids is 2. The van der Waals surface area contributed by atoms with Gasteiger partial charge in [-0.05, 0) is 50.3 Å². The van der Waals surface area contributed by atoms with Gasteiger partial charge in [0.2, 0.25) is 0 Å². The molecule has 166 valence electrons. The van der Waals surface area contributed by atoms with Crippen LogP contribution in [-0.2, 0) is 29.6 Å². The Labute approximate surface area is 183 Å². The van der Waals surface area contributed by atoms with E-state index in [1.54, 1.807) is 17.0 Å². The number of carbonyl (C=O) groups is 2. The molecule has 30 heavy (non-hydrogen) atoms. The van der Waals surface area contributed by atoms with Crippen LogP contribution in [0.25, 0.3) is 0 Å². The zero-order valence-corrected chi connectivity index (χ0v) is 19.2. The van der Waals surface area contributed by atoms with Crippen molar-refractivity contribution in [2.45, 2.75) is 69.9 Å². The molecule has 0 bridgehead atoms. The largest absolute Gasteiger partial charge is 0.455 e. The van der Waals surface area contributed by atoms with Crippen molar-refractivity contribution in [1.29, 1.82) is 0 Å². The lowest BCUT2D eigenvalue weighted by Gasteiger charge is -2.34. The molecule has 3 rings (SSSR count). The number of sulfone groups is 1. The third kappa shape index (κ3) is 4.83. The summed E-state index contributed by atoms with van der Waals surface area (Å²) in [6.45, 7) is 3.49. The van der Waals surface area contributed by atoms with Crippen LogP contribution in [0.4, 0.5) is 0 Å². The third-order valence-corrected chi connectivity index (χ3v) is 8.53. The highest BCUT2D eigenvalue weighted by Gasteiger charge is 2.45. The maximum Gasteiger partial charge on any atom is 0.317 e. The number of halogens is 1. The quantitative estimate of drug-likeness (QED) is 0.587. The number of esters is 1. The second kappa shape index (κ2) is 9.27. The highest BCUT2D eigenvalue weighted by Crippen LogP contribution is 2.42. The molecule has 6 nitrogen and oxygen atoms in total. The van der Waals surface area contributed by atoms with Crippen LogP contribution in [0.15, 0.2) is 24.3 Å². The Hall–Kier alpha value is -1.60. The molecule has 2 aliphatic rings. The standard InChI is InChI=1S/C22H30ClNO5S/c1-3-16(2)24(19-10-13-30(27,28)15-19)20(25)14-29-21(26)22(11-4-5-12-22)17-6-8-18(23)9-7-17/h6-9,16,19H,3-5,10-15H2,1-2H3/t16-,19+/m0/s1. The number of hydrogen-bond donors (Lipinski definition) is 0. The molecule has 1 amide bonds. The van der Waals surface area contributed by atoms with Gasteiger partial charge in [-0.2, -0.15) is 0 Å². The molecule has 1 saturated heterocycles. The first-order valence-electron chi connectivity index (χ1n) is 10.6. The van der Waals surface area contributed by atoms with Crippen molar-refractivity contribution >= 4 is 33.3 Å². The van der Waals surface area contributed by atoms with Crippen molar-refractivity contribution in [2.75, 3.05) is 18.1 Å². The fraction of sp³-hybridized carbons (Fsp3) is 0.636. The van der Waals surface area contributed by atoms with Crippen LogP contribution in [0.5, 0.6) is 0 Å². The molecule has 0 unspecified atom stereocenters. The van der Waals surface area contributed by atoms with E-state index in [1.807, 2.05) is 26.0 Å². The molecular formula is C22H30ClNO5S. The molecule has 1 heterocycles. The summed E-state index contributed by atoms with van der Waals surface area (Å²) < 4.78 is 29.4. The lowest BCUT2D eigenvalue weighted by atomic mass is 9.79. The molecule has 2 fully saturated rings. The molecular weight excluding hydrogens is 426 g/mol. The van der Waals surface area contributed by atoms with E-state index in [4.69, 9.17) is 16.3 Å². The summed E-state index contributed by atoms with van der Waals surface area (Å²) in [4.78, 5) is 27.7. The molecule has 1 saturated carbocycles. The van der Waals surface area contributed by atoms with Gasteiger partial charge in [0.05, 0.1) is 16.9 Å². The summed E-state index contributed by atoms with van der Waals surface area (Å²) in [7, 11) is -3.12. The molecule has 2 atom stereocenters. The van der Waals surface area contributed by atoms with E-state index in [0.29, 0.717) is 30.7 Å². The van der Waals surface area contributed by atoms with Gasteiger partial charge in [-0.15, -0.1) is 0 Å². The van der Waals surface area contributed by atoms with E-state index < -0.39 is 15.3 Å². The van der Waals surface area contributed by atoms with Crippen molar-refractivity contribution in [2.24, 2.45) is 0 Å². The predicted octanol–water partition coefficient (Wildman–Crippen LogP) is 3.51. The monoisotopic (exact) mass is 455 g/mol. The minimum absolute atomic E-state index is 0.0221. The van der Waals surface area contributed by atoms with Crippen LogP contribution in [0.2, 0.25) is 5.02 Å². The first-order chi connectivity index (χ1) is 14.2. The van der Waals surface area contributed by atoms with Gasteiger partial charge in [0.15, 0.2) is 16.4 Å². The number of ether oxygens (including phenoxy) is 1. The second-order valence-corrected chi connectivity index (χ2v) is 11.2. The lowest BCUT2D eigenvalue weighted by Crippen LogP contribution is -2.48. The molecule has 0 radical (unpaired) electrons. The van der Waals surface area contributed by atoms with Gasteiger partial charge in [-0.1, -0.05) is 43.5 Å². The van der Waals surface area contributed by atoms with E-state index in [2.05, 4.69) is 0 Å². The average molecular weight is 456 g/mol. The minimum Gasteiger partial charge on any atom is -0.455 e. The van der Waals surface area contributed by atoms with Crippen molar-refractivity contribution in [3.63, 3.8) is 0 Å². The number of amides is 1. The van der Waals surface area contributed by atoms with E-state index in [0.717, 1.165) is 18.4 Å². The summed E-state index contributed by atoms with van der Waals surface area (Å²) in [5.41, 5.74) is 0.116. The highest BCUT2D eigenvalue weighted by molar-refractivity contribution is 7.91. The lowest BCUT2D eigenvalue weighted by molar-refractivity contribution is -0.158. The zero-order chi connectivity index (χ0) is 21.9. The zero-order valence-electron chi connectivity index (χ0n) is 17.6. The van der Waals surface area contributed by atoms with Gasteiger partial charge >= 0.3 is 5.97 Å². The first kappa shape index (κ1) is 23.1. The SMILES string of the molecule is CC[C@H](C)N(C(=O)COC(=O)C1(c2ccc(Cl)cc2)CCCC1)[C@@H]1CCS(=O)(=O)C1. The molecule has 0 spiro atoms. The predicted molar refractivity (Wildman–Crippen MR) is 116 cm³/mol. The summed E-state index contributed by atoms with van der Waals surface area (Å²) >= 11 is 6.00. The fourth-order valence-corrected chi connectivity index (χ4v) is 6.54. The summed E-state index contributed by atoms with van der Waals surface area (Å²) in [5.74, 6) is -0.647. The third-order valence-electron chi connectivity index (χ3n) is 6.53. The maximum atomic E-state index is 13.1. The second-order valence-electron chi connectivity index (χ2n) is 8.49. The van der Waals surface area contributed by atoms with Gasteiger partial charge in [0, 0.05) is 17.1 Å². The Morgan fingerprint density at radius 1 is 1.23 bits per heavy atom. The fourth-order valence-electron chi connectivity index (χ4n) is 4.70. The highest BCUT2D eigenvalue weighted by atomic mass is 35.5. The molecule has 1 aromatic rings. The van der Waals surface area contributed by atoms with Crippen LogP contribution >= 0.6 is 11.6 Å². The van der Waals surface area contributed by atoms with Gasteiger partial charge < -0.3 is 9.64 Å². The summed E-state index contributed by atoms with van der Waals surface area (Å²) in [5, 5.41) is 0.603. The summed E-state index contributed by atoms with van der Waals surface area (Å²) in [6, 6.07) is 6.76. The number of rotatable bonds is 7. The van der Waals surface area contributed by atoms with Crippen molar-refractivity contribution in [3.05, 3.63) is 34.9 Å². The van der Waals surface area contributed by atoms with E-state index in [1.165, 1.54) is 0 Å². The van der Waals surface area contributed by atoms with Crippen molar-refractivity contribution in [3.8, 4) is 0 Å². The minimum atomic E-state index is -3.12. The Bertz CT molecular complexity index is 877. The Balaban J connectivity index is 1.72. The molecule has 8 heteroatoms. The smallest absolute Gasteiger partial charge is 0.317 e. The Morgan fingerprint density at radius 2 is 1.87 bits per heavy atom. The Morgan fingerprint density at radius 3 is 2.40 bits per heavy atom. The topological polar surface area (TPSA) is 80.8 Å². The van der Waals surface area contributed by atoms with E-state index in [-0.39, 0.29) is 42.1 Å². The normalized spacial score (nSPS) is 23.1. The average Bonchev–Trinajstić information content (AvgIpc) is 3.34. The molecule has 1 aliphatic carbocycles. The number of benzene rings is 1. The van der Waals surface area contributed by atoms with E-state index in [9.17, 15) is 18.0 Å². The van der Waals surface area contributed by atoms with Gasteiger partial charge in [-0.25, -0.2) is 8.42 Å². The van der Waals surface area contributed by atoms with Crippen LogP contribution in [0.1, 0.15) is 57.9 Å². The van der Waals surface area contributed by atoms with Gasteiger partial charge in [0.1, 0.15) is 0 Å². The van der Waals surface area contributed by atoms with Crippen molar-refractivity contribution in [1.82, 2.24) is 4.90 Å². The first-order valence-corrected chi connectivity index (χ1v) is 12.8. The Kier molecular flexibility index (Phi) is 7.13. The summed E-state index contributed by atoms with van der Waals surface area (Å²) in [6.07, 6.45) is 4.33. The van der Waals surface area contributed by atoms with Crippen molar-refractivity contribution < 1.29 is 22.7 Å². The van der Waals surface area contributed by atoms with Crippen LogP contribution in [-0.4, -0.2) is 55.4 Å². The van der Waals surface area contributed by atoms with Gasteiger partial charge in [0.25, 0.3) is 5.91 Å². The molecule has 0 aromatic heterocycles. The number of nitrogens with zero attached hydrogens (tertiary/aromatic N) is 1. The molecule has 1 aromatic carbocycles. The maximum absolute atomic E-state index is 13.1. The van der Waals surface area contributed by atoms with E-state index >= 15 is 0 Å². The van der Waals surface area contributed by atoms with Crippen LogP contribution < -0.4 is 0 Å². The molecule has 0 N–H and O–H groups in total. The number of hydrogen-bond acceptors (Lipinski definition) is 5. The van der Waals surface area contributed by atoms with Crippen LogP contribution in [0.3, 0.4) is 0 Å². The molecule has 1 aliphatic heterocycles. The van der Waals surface area contributed by atoms with Crippen LogP contribution in [0, 0.1) is 0 Å².